The fourth-order valence-corrected chi connectivity index (χ4v) is 1.78. The summed E-state index contributed by atoms with van der Waals surface area (Å²) in [5, 5.41) is 11.3. The fraction of sp³-hybridized carbons (Fsp3) is 0.400. The van der Waals surface area contributed by atoms with Crippen molar-refractivity contribution in [3.63, 3.8) is 0 Å². The van der Waals surface area contributed by atoms with E-state index in [9.17, 15) is 13.2 Å². The number of aliphatic hydroxyl groups is 1. The van der Waals surface area contributed by atoms with Gasteiger partial charge in [0.15, 0.2) is 9.84 Å². The first-order chi connectivity index (χ1) is 9.69. The highest BCUT2D eigenvalue weighted by molar-refractivity contribution is 7.92. The number of rotatable bonds is 4. The van der Waals surface area contributed by atoms with Gasteiger partial charge in [0.1, 0.15) is 6.61 Å². The van der Waals surface area contributed by atoms with Gasteiger partial charge in [-0.25, -0.2) is 8.42 Å². The van der Waals surface area contributed by atoms with Gasteiger partial charge in [-0.2, -0.15) is 0 Å². The van der Waals surface area contributed by atoms with E-state index >= 15 is 0 Å². The maximum atomic E-state index is 12.2. The third-order valence-electron chi connectivity index (χ3n) is 3.15. The SMILES string of the molecule is CC(C)(CNC(=O)c1ccccc1C#CCO)S(C)(=O)=O. The number of carbonyl (C=O) groups excluding carboxylic acids is 1. The quantitative estimate of drug-likeness (QED) is 0.797. The summed E-state index contributed by atoms with van der Waals surface area (Å²) in [5.41, 5.74) is 0.837. The van der Waals surface area contributed by atoms with Crippen molar-refractivity contribution in [1.82, 2.24) is 5.32 Å². The van der Waals surface area contributed by atoms with Gasteiger partial charge < -0.3 is 10.4 Å². The molecule has 114 valence electrons. The fourth-order valence-electron chi connectivity index (χ4n) is 1.44. The van der Waals surface area contributed by atoms with Crippen molar-refractivity contribution in [2.24, 2.45) is 0 Å². The zero-order valence-corrected chi connectivity index (χ0v) is 13.1. The molecule has 2 N–H and O–H groups in total. The van der Waals surface area contributed by atoms with Gasteiger partial charge in [-0.05, 0) is 26.0 Å². The third-order valence-corrected chi connectivity index (χ3v) is 5.30. The molecule has 0 aliphatic rings. The summed E-state index contributed by atoms with van der Waals surface area (Å²) in [5.74, 6) is 4.78. The molecule has 0 aliphatic carbocycles. The summed E-state index contributed by atoms with van der Waals surface area (Å²) in [7, 11) is -3.28. The second-order valence-corrected chi connectivity index (χ2v) is 7.87. The molecule has 0 bridgehead atoms. The van der Waals surface area contributed by atoms with Crippen LogP contribution >= 0.6 is 0 Å². The van der Waals surface area contributed by atoms with Gasteiger partial charge in [-0.1, -0.05) is 24.0 Å². The zero-order chi connectivity index (χ0) is 16.1. The van der Waals surface area contributed by atoms with Crippen LogP contribution in [0.4, 0.5) is 0 Å². The molecule has 0 atom stereocenters. The van der Waals surface area contributed by atoms with Crippen molar-refractivity contribution in [3.05, 3.63) is 35.4 Å². The van der Waals surface area contributed by atoms with Crippen LogP contribution in [0.15, 0.2) is 24.3 Å². The van der Waals surface area contributed by atoms with Gasteiger partial charge in [0.05, 0.1) is 10.3 Å². The van der Waals surface area contributed by atoms with Crippen LogP contribution < -0.4 is 5.32 Å². The summed E-state index contributed by atoms with van der Waals surface area (Å²) in [6.07, 6.45) is 1.14. The van der Waals surface area contributed by atoms with Crippen LogP contribution in [0.5, 0.6) is 0 Å². The number of hydrogen-bond acceptors (Lipinski definition) is 4. The Balaban J connectivity index is 2.92. The Morgan fingerprint density at radius 2 is 1.95 bits per heavy atom. The number of sulfone groups is 1. The lowest BCUT2D eigenvalue weighted by molar-refractivity contribution is 0.0950. The van der Waals surface area contributed by atoms with Crippen molar-refractivity contribution in [3.8, 4) is 11.8 Å². The van der Waals surface area contributed by atoms with Crippen LogP contribution in [0.2, 0.25) is 0 Å². The van der Waals surface area contributed by atoms with Crippen molar-refractivity contribution in [1.29, 1.82) is 0 Å². The van der Waals surface area contributed by atoms with Crippen LogP contribution in [-0.2, 0) is 9.84 Å². The summed E-state index contributed by atoms with van der Waals surface area (Å²) in [4.78, 5) is 12.2. The summed E-state index contributed by atoms with van der Waals surface area (Å²) in [6.45, 7) is 2.82. The lowest BCUT2D eigenvalue weighted by Gasteiger charge is -2.22. The topological polar surface area (TPSA) is 83.5 Å². The number of nitrogens with one attached hydrogen (secondary N) is 1. The average Bonchev–Trinajstić information content (AvgIpc) is 2.41. The van der Waals surface area contributed by atoms with Gasteiger partial charge in [0, 0.05) is 18.4 Å². The molecule has 1 aromatic carbocycles. The smallest absolute Gasteiger partial charge is 0.252 e. The maximum Gasteiger partial charge on any atom is 0.252 e. The van der Waals surface area contributed by atoms with Crippen LogP contribution in [0.1, 0.15) is 29.8 Å². The summed E-state index contributed by atoms with van der Waals surface area (Å²) < 4.78 is 22.2. The van der Waals surface area contributed by atoms with Crippen molar-refractivity contribution >= 4 is 15.7 Å². The van der Waals surface area contributed by atoms with Gasteiger partial charge in [0.25, 0.3) is 5.91 Å². The molecular formula is C15H19NO4S. The Kier molecular flexibility index (Phi) is 5.53. The molecule has 21 heavy (non-hydrogen) atoms. The van der Waals surface area contributed by atoms with Gasteiger partial charge >= 0.3 is 0 Å². The molecule has 0 spiro atoms. The number of aliphatic hydroxyl groups excluding tert-OH is 1. The van der Waals surface area contributed by atoms with Crippen LogP contribution in [-0.4, -0.2) is 43.6 Å². The minimum Gasteiger partial charge on any atom is -0.384 e. The third kappa shape index (κ3) is 4.59. The lowest BCUT2D eigenvalue weighted by atomic mass is 10.1. The van der Waals surface area contributed by atoms with Gasteiger partial charge in [-0.3, -0.25) is 4.79 Å². The largest absolute Gasteiger partial charge is 0.384 e. The molecule has 6 heteroatoms. The molecule has 0 saturated heterocycles. The van der Waals surface area contributed by atoms with E-state index in [2.05, 4.69) is 17.2 Å². The first kappa shape index (κ1) is 17.2. The summed E-state index contributed by atoms with van der Waals surface area (Å²) in [6, 6.07) is 6.70. The molecule has 0 aliphatic heterocycles. The molecule has 1 aromatic rings. The number of hydrogen-bond donors (Lipinski definition) is 2. The van der Waals surface area contributed by atoms with Crippen LogP contribution in [0, 0.1) is 11.8 Å². The van der Waals surface area contributed by atoms with Crippen molar-refractivity contribution in [2.45, 2.75) is 18.6 Å². The monoisotopic (exact) mass is 309 g/mol. The molecule has 0 fully saturated rings. The maximum absolute atomic E-state index is 12.2. The minimum atomic E-state index is -3.28. The predicted molar refractivity (Wildman–Crippen MR) is 81.7 cm³/mol. The average molecular weight is 309 g/mol. The van der Waals surface area contributed by atoms with E-state index in [1.54, 1.807) is 38.1 Å². The first-order valence-corrected chi connectivity index (χ1v) is 8.25. The van der Waals surface area contributed by atoms with E-state index in [1.807, 2.05) is 0 Å². The van der Waals surface area contributed by atoms with E-state index < -0.39 is 20.5 Å². The van der Waals surface area contributed by atoms with Gasteiger partial charge in [0.2, 0.25) is 0 Å². The lowest BCUT2D eigenvalue weighted by Crippen LogP contribution is -2.43. The van der Waals surface area contributed by atoms with Crippen LogP contribution in [0.3, 0.4) is 0 Å². The Morgan fingerprint density at radius 3 is 2.52 bits per heavy atom. The van der Waals surface area contributed by atoms with Crippen LogP contribution in [0.25, 0.3) is 0 Å². The van der Waals surface area contributed by atoms with E-state index in [0.717, 1.165) is 6.26 Å². The Bertz CT molecular complexity index is 681. The second-order valence-electron chi connectivity index (χ2n) is 5.22. The van der Waals surface area contributed by atoms with E-state index in [4.69, 9.17) is 5.11 Å². The number of benzene rings is 1. The molecule has 0 heterocycles. The number of amides is 1. The molecule has 1 rings (SSSR count). The zero-order valence-electron chi connectivity index (χ0n) is 12.3. The van der Waals surface area contributed by atoms with Crippen molar-refractivity contribution in [2.75, 3.05) is 19.4 Å². The molecule has 0 saturated carbocycles. The molecule has 0 unspecified atom stereocenters. The number of carbonyl (C=O) groups is 1. The molecule has 0 radical (unpaired) electrons. The standard InChI is InChI=1S/C15H19NO4S/c1-15(2,21(3,19)20)11-16-14(18)13-9-5-4-7-12(13)8-6-10-17/h4-5,7,9,17H,10-11H2,1-3H3,(H,16,18). The molecule has 1 amide bonds. The highest BCUT2D eigenvalue weighted by Crippen LogP contribution is 2.14. The van der Waals surface area contributed by atoms with E-state index in [-0.39, 0.29) is 13.2 Å². The van der Waals surface area contributed by atoms with Gasteiger partial charge in [-0.15, -0.1) is 0 Å². The normalized spacial score (nSPS) is 11.4. The Labute approximate surface area is 125 Å². The molecule has 5 nitrogen and oxygen atoms in total. The Morgan fingerprint density at radius 1 is 1.33 bits per heavy atom. The minimum absolute atomic E-state index is 0.00638. The van der Waals surface area contributed by atoms with E-state index in [1.165, 1.54) is 0 Å². The second kappa shape index (κ2) is 6.74. The Hall–Kier alpha value is -1.84. The molecule has 0 aromatic heterocycles. The highest BCUT2D eigenvalue weighted by atomic mass is 32.2. The molecular weight excluding hydrogens is 290 g/mol. The first-order valence-electron chi connectivity index (χ1n) is 6.35. The van der Waals surface area contributed by atoms with Crippen molar-refractivity contribution < 1.29 is 18.3 Å². The predicted octanol–water partition coefficient (Wildman–Crippen LogP) is 0.583. The summed E-state index contributed by atoms with van der Waals surface area (Å²) >= 11 is 0. The van der Waals surface area contributed by atoms with E-state index in [0.29, 0.717) is 11.1 Å². The highest BCUT2D eigenvalue weighted by Gasteiger charge is 2.30.